The van der Waals surface area contributed by atoms with Crippen LogP contribution >= 0.6 is 0 Å². The van der Waals surface area contributed by atoms with Gasteiger partial charge in [-0.25, -0.2) is 9.59 Å². The van der Waals surface area contributed by atoms with Crippen molar-refractivity contribution in [3.05, 3.63) is 59.7 Å². The number of amides is 1. The monoisotopic (exact) mass is 457 g/mol. The van der Waals surface area contributed by atoms with E-state index in [1.807, 2.05) is 37.3 Å². The molecule has 0 radical (unpaired) electrons. The van der Waals surface area contributed by atoms with Crippen LogP contribution in [0, 0.1) is 0 Å². The Balaban J connectivity index is 2.03. The molecule has 0 fully saturated rings. The van der Waals surface area contributed by atoms with Gasteiger partial charge in [0.25, 0.3) is 0 Å². The Labute approximate surface area is 194 Å². The van der Waals surface area contributed by atoms with Gasteiger partial charge in [-0.3, -0.25) is 4.79 Å². The number of methoxy groups -OCH3 is 2. The quantitative estimate of drug-likeness (QED) is 0.272. The molecule has 8 heteroatoms. The number of unbranched alkanes of at least 4 members (excludes halogenated alkanes) is 1. The van der Waals surface area contributed by atoms with Crippen LogP contribution in [0.25, 0.3) is 0 Å². The van der Waals surface area contributed by atoms with Gasteiger partial charge in [0.2, 0.25) is 0 Å². The summed E-state index contributed by atoms with van der Waals surface area (Å²) in [5.41, 5.74) is 1.23. The summed E-state index contributed by atoms with van der Waals surface area (Å²) in [7, 11) is 3.00. The second-order valence-corrected chi connectivity index (χ2v) is 7.31. The van der Waals surface area contributed by atoms with Crippen LogP contribution in [-0.2, 0) is 20.9 Å². The summed E-state index contributed by atoms with van der Waals surface area (Å²) in [4.78, 5) is 37.5. The highest BCUT2D eigenvalue weighted by atomic mass is 16.6. The van der Waals surface area contributed by atoms with E-state index in [4.69, 9.17) is 18.9 Å². The first kappa shape index (κ1) is 25.7. The predicted octanol–water partition coefficient (Wildman–Crippen LogP) is 4.31. The van der Waals surface area contributed by atoms with Crippen LogP contribution in [0.2, 0.25) is 0 Å². The van der Waals surface area contributed by atoms with Gasteiger partial charge in [0.1, 0.15) is 12.6 Å². The van der Waals surface area contributed by atoms with E-state index in [0.717, 1.165) is 12.0 Å². The SMILES string of the molecule is CCCCOC(=O)NC(CCC(=O)c1ccc(OC)c(OC)c1)C(=O)OCc1ccccc1. The van der Waals surface area contributed by atoms with Gasteiger partial charge < -0.3 is 24.3 Å². The molecule has 0 saturated heterocycles. The zero-order valence-electron chi connectivity index (χ0n) is 19.3. The van der Waals surface area contributed by atoms with Crippen LogP contribution in [0.3, 0.4) is 0 Å². The number of hydrogen-bond donors (Lipinski definition) is 1. The molecule has 8 nitrogen and oxygen atoms in total. The number of nitrogens with one attached hydrogen (secondary N) is 1. The number of rotatable bonds is 13. The maximum atomic E-state index is 12.7. The normalized spacial score (nSPS) is 11.2. The molecule has 0 aromatic heterocycles. The molecule has 1 unspecified atom stereocenters. The van der Waals surface area contributed by atoms with Gasteiger partial charge in [-0.2, -0.15) is 0 Å². The fourth-order valence-corrected chi connectivity index (χ4v) is 3.00. The smallest absolute Gasteiger partial charge is 0.407 e. The van der Waals surface area contributed by atoms with E-state index >= 15 is 0 Å². The molecular weight excluding hydrogens is 426 g/mol. The van der Waals surface area contributed by atoms with Crippen molar-refractivity contribution in [1.29, 1.82) is 0 Å². The van der Waals surface area contributed by atoms with Gasteiger partial charge in [-0.05, 0) is 36.6 Å². The van der Waals surface area contributed by atoms with Crippen LogP contribution in [0.15, 0.2) is 48.5 Å². The Kier molecular flexibility index (Phi) is 10.7. The molecule has 2 aromatic rings. The number of Topliss-reactive ketones (excluding diaryl/α,β-unsaturated/α-hetero) is 1. The second-order valence-electron chi connectivity index (χ2n) is 7.31. The average molecular weight is 458 g/mol. The first-order valence-corrected chi connectivity index (χ1v) is 10.9. The van der Waals surface area contributed by atoms with Gasteiger partial charge in [0, 0.05) is 12.0 Å². The molecule has 0 saturated carbocycles. The van der Waals surface area contributed by atoms with Crippen LogP contribution in [0.5, 0.6) is 11.5 Å². The van der Waals surface area contributed by atoms with Crippen LogP contribution in [0.4, 0.5) is 4.79 Å². The summed E-state index contributed by atoms with van der Waals surface area (Å²) >= 11 is 0. The third-order valence-electron chi connectivity index (χ3n) is 4.90. The zero-order chi connectivity index (χ0) is 24.1. The lowest BCUT2D eigenvalue weighted by Crippen LogP contribution is -2.42. The van der Waals surface area contributed by atoms with Gasteiger partial charge in [0.05, 0.1) is 20.8 Å². The molecule has 178 valence electrons. The minimum atomic E-state index is -1.02. The van der Waals surface area contributed by atoms with Crippen LogP contribution < -0.4 is 14.8 Å². The topological polar surface area (TPSA) is 100 Å². The first-order chi connectivity index (χ1) is 16.0. The molecule has 0 aliphatic rings. The summed E-state index contributed by atoms with van der Waals surface area (Å²) in [6, 6.07) is 13.0. The number of ketones is 1. The number of carbonyl (C=O) groups is 3. The van der Waals surface area contributed by atoms with Crippen molar-refractivity contribution < 1.29 is 33.3 Å². The van der Waals surface area contributed by atoms with Crippen molar-refractivity contribution in [3.63, 3.8) is 0 Å². The molecule has 2 rings (SSSR count). The minimum absolute atomic E-state index is 0.00975. The minimum Gasteiger partial charge on any atom is -0.493 e. The molecule has 0 bridgehead atoms. The van der Waals surface area contributed by atoms with Crippen molar-refractivity contribution in [2.24, 2.45) is 0 Å². The number of ether oxygens (including phenoxy) is 4. The standard InChI is InChI=1S/C25H31NO7/c1-4-5-15-32-25(29)26-20(24(28)33-17-18-9-7-6-8-10-18)12-13-21(27)19-11-14-22(30-2)23(16-19)31-3/h6-11,14,16,20H,4-5,12-13,15,17H2,1-3H3,(H,26,29). The Bertz CT molecular complexity index is 914. The largest absolute Gasteiger partial charge is 0.493 e. The molecule has 1 atom stereocenters. The summed E-state index contributed by atoms with van der Waals surface area (Å²) in [6.07, 6.45) is 0.937. The Morgan fingerprint density at radius 1 is 0.939 bits per heavy atom. The summed E-state index contributed by atoms with van der Waals surface area (Å²) < 4.78 is 20.9. The molecular formula is C25H31NO7. The molecule has 1 N–H and O–H groups in total. The van der Waals surface area contributed by atoms with Crippen molar-refractivity contribution >= 4 is 17.8 Å². The van der Waals surface area contributed by atoms with Gasteiger partial charge >= 0.3 is 12.1 Å². The summed E-state index contributed by atoms with van der Waals surface area (Å²) in [6.45, 7) is 2.29. The summed E-state index contributed by atoms with van der Waals surface area (Å²) in [5.74, 6) is 0.0945. The lowest BCUT2D eigenvalue weighted by atomic mass is 10.0. The lowest BCUT2D eigenvalue weighted by molar-refractivity contribution is -0.147. The van der Waals surface area contributed by atoms with Gasteiger partial charge in [0.15, 0.2) is 17.3 Å². The molecule has 33 heavy (non-hydrogen) atoms. The van der Waals surface area contributed by atoms with E-state index in [9.17, 15) is 14.4 Å². The van der Waals surface area contributed by atoms with Gasteiger partial charge in [-0.15, -0.1) is 0 Å². The lowest BCUT2D eigenvalue weighted by Gasteiger charge is -2.17. The predicted molar refractivity (Wildman–Crippen MR) is 123 cm³/mol. The highest BCUT2D eigenvalue weighted by Crippen LogP contribution is 2.28. The third-order valence-corrected chi connectivity index (χ3v) is 4.90. The van der Waals surface area contributed by atoms with Crippen molar-refractivity contribution in [3.8, 4) is 11.5 Å². The van der Waals surface area contributed by atoms with E-state index in [1.165, 1.54) is 14.2 Å². The fourth-order valence-electron chi connectivity index (χ4n) is 3.00. The number of carbonyl (C=O) groups excluding carboxylic acids is 3. The Morgan fingerprint density at radius 2 is 1.67 bits per heavy atom. The summed E-state index contributed by atoms with van der Waals surface area (Å²) in [5, 5.41) is 2.53. The fraction of sp³-hybridized carbons (Fsp3) is 0.400. The highest BCUT2D eigenvalue weighted by Gasteiger charge is 2.24. The van der Waals surface area contributed by atoms with Crippen LogP contribution in [0.1, 0.15) is 48.5 Å². The zero-order valence-corrected chi connectivity index (χ0v) is 19.3. The Hall–Kier alpha value is -3.55. The molecule has 1 amide bonds. The number of benzene rings is 2. The molecule has 0 spiro atoms. The van der Waals surface area contributed by atoms with Crippen molar-refractivity contribution in [2.45, 2.75) is 45.3 Å². The van der Waals surface area contributed by atoms with E-state index in [1.54, 1.807) is 18.2 Å². The third kappa shape index (κ3) is 8.48. The molecule has 0 aliphatic heterocycles. The van der Waals surface area contributed by atoms with E-state index in [0.29, 0.717) is 23.5 Å². The number of hydrogen-bond acceptors (Lipinski definition) is 7. The van der Waals surface area contributed by atoms with Gasteiger partial charge in [-0.1, -0.05) is 43.7 Å². The van der Waals surface area contributed by atoms with E-state index in [-0.39, 0.29) is 31.8 Å². The molecule has 2 aromatic carbocycles. The highest BCUT2D eigenvalue weighted by molar-refractivity contribution is 5.97. The Morgan fingerprint density at radius 3 is 2.33 bits per heavy atom. The molecule has 0 heterocycles. The second kappa shape index (κ2) is 13.8. The van der Waals surface area contributed by atoms with E-state index in [2.05, 4.69) is 5.32 Å². The van der Waals surface area contributed by atoms with Crippen LogP contribution in [-0.4, -0.2) is 44.7 Å². The maximum absolute atomic E-state index is 12.7. The molecule has 0 aliphatic carbocycles. The maximum Gasteiger partial charge on any atom is 0.407 e. The van der Waals surface area contributed by atoms with Crippen molar-refractivity contribution in [2.75, 3.05) is 20.8 Å². The average Bonchev–Trinajstić information content (AvgIpc) is 2.85. The van der Waals surface area contributed by atoms with E-state index < -0.39 is 18.1 Å². The first-order valence-electron chi connectivity index (χ1n) is 10.9. The number of alkyl carbamates (subject to hydrolysis) is 1. The van der Waals surface area contributed by atoms with Crippen molar-refractivity contribution in [1.82, 2.24) is 5.32 Å². The number of esters is 1.